The maximum atomic E-state index is 12.2. The Morgan fingerprint density at radius 2 is 1.90 bits per heavy atom. The molecule has 6 heteroatoms. The van der Waals surface area contributed by atoms with Crippen molar-refractivity contribution < 1.29 is 13.2 Å². The minimum absolute atomic E-state index is 0.0788. The van der Waals surface area contributed by atoms with E-state index in [4.69, 9.17) is 10.00 Å². The normalized spacial score (nSPS) is 10.9. The summed E-state index contributed by atoms with van der Waals surface area (Å²) in [4.78, 5) is 0.0788. The highest BCUT2D eigenvalue weighted by Gasteiger charge is 2.14. The number of benzene rings is 2. The fraction of sp³-hybridized carbons (Fsp3) is 0.133. The van der Waals surface area contributed by atoms with Gasteiger partial charge in [0.25, 0.3) is 0 Å². The number of rotatable bonds is 5. The Balaban J connectivity index is 2.11. The number of hydrogen-bond acceptors (Lipinski definition) is 4. The van der Waals surface area contributed by atoms with Gasteiger partial charge in [-0.05, 0) is 35.9 Å². The van der Waals surface area contributed by atoms with E-state index in [1.165, 1.54) is 12.1 Å². The number of methoxy groups -OCH3 is 1. The topological polar surface area (TPSA) is 79.2 Å². The minimum atomic E-state index is -3.64. The first-order chi connectivity index (χ1) is 10.0. The molecule has 0 bridgehead atoms. The summed E-state index contributed by atoms with van der Waals surface area (Å²) < 4.78 is 31.8. The van der Waals surface area contributed by atoms with E-state index in [9.17, 15) is 8.42 Å². The molecule has 0 fully saturated rings. The first kappa shape index (κ1) is 15.0. The molecule has 0 aliphatic carbocycles. The first-order valence-electron chi connectivity index (χ1n) is 6.18. The molecule has 2 aromatic carbocycles. The number of ether oxygens (including phenoxy) is 1. The van der Waals surface area contributed by atoms with Gasteiger partial charge in [0.15, 0.2) is 0 Å². The highest BCUT2D eigenvalue weighted by Crippen LogP contribution is 2.14. The molecule has 0 heterocycles. The van der Waals surface area contributed by atoms with E-state index >= 15 is 0 Å². The molecule has 0 aromatic heterocycles. The van der Waals surface area contributed by atoms with Crippen molar-refractivity contribution in [3.63, 3.8) is 0 Å². The van der Waals surface area contributed by atoms with Crippen LogP contribution in [0.5, 0.6) is 5.75 Å². The Morgan fingerprint density at radius 3 is 2.52 bits per heavy atom. The quantitative estimate of drug-likeness (QED) is 0.916. The summed E-state index contributed by atoms with van der Waals surface area (Å²) in [6.45, 7) is 0.170. The molecule has 0 amide bonds. The van der Waals surface area contributed by atoms with Gasteiger partial charge in [-0.1, -0.05) is 18.2 Å². The van der Waals surface area contributed by atoms with E-state index in [1.54, 1.807) is 43.5 Å². The monoisotopic (exact) mass is 302 g/mol. The average Bonchev–Trinajstić information content (AvgIpc) is 2.53. The lowest BCUT2D eigenvalue weighted by Crippen LogP contribution is -2.23. The molecule has 0 aliphatic rings. The molecule has 5 nitrogen and oxygen atoms in total. The predicted octanol–water partition coefficient (Wildman–Crippen LogP) is 2.05. The van der Waals surface area contributed by atoms with Gasteiger partial charge < -0.3 is 4.74 Å². The van der Waals surface area contributed by atoms with Crippen molar-refractivity contribution in [1.82, 2.24) is 4.72 Å². The van der Waals surface area contributed by atoms with Gasteiger partial charge in [-0.2, -0.15) is 5.26 Å². The molecule has 2 rings (SSSR count). The second kappa shape index (κ2) is 6.39. The zero-order chi connectivity index (χ0) is 15.3. The van der Waals surface area contributed by atoms with Crippen molar-refractivity contribution in [1.29, 1.82) is 5.26 Å². The molecule has 0 radical (unpaired) electrons. The second-order valence-electron chi connectivity index (χ2n) is 4.31. The molecule has 21 heavy (non-hydrogen) atoms. The molecule has 2 aromatic rings. The van der Waals surface area contributed by atoms with E-state index in [0.29, 0.717) is 11.3 Å². The van der Waals surface area contributed by atoms with Crippen LogP contribution < -0.4 is 9.46 Å². The van der Waals surface area contributed by atoms with Gasteiger partial charge in [-0.15, -0.1) is 0 Å². The summed E-state index contributed by atoms with van der Waals surface area (Å²) >= 11 is 0. The molecular weight excluding hydrogens is 288 g/mol. The first-order valence-corrected chi connectivity index (χ1v) is 7.66. The SMILES string of the molecule is COc1ccc(CNS(=O)(=O)c2cccc(C#N)c2)cc1. The Labute approximate surface area is 123 Å². The standard InChI is InChI=1S/C15H14N2O3S/c1-20-14-7-5-12(6-8-14)11-17-21(18,19)15-4-2-3-13(9-15)10-16/h2-9,17H,11H2,1H3. The van der Waals surface area contributed by atoms with Crippen molar-refractivity contribution in [2.24, 2.45) is 0 Å². The van der Waals surface area contributed by atoms with Gasteiger partial charge in [0.2, 0.25) is 10.0 Å². The molecule has 1 N–H and O–H groups in total. The zero-order valence-electron chi connectivity index (χ0n) is 11.4. The number of nitrogens with one attached hydrogen (secondary N) is 1. The predicted molar refractivity (Wildman–Crippen MR) is 78.2 cm³/mol. The summed E-state index contributed by atoms with van der Waals surface area (Å²) in [5, 5.41) is 8.81. The van der Waals surface area contributed by atoms with Gasteiger partial charge in [-0.3, -0.25) is 0 Å². The highest BCUT2D eigenvalue weighted by molar-refractivity contribution is 7.89. The Hall–Kier alpha value is -2.36. The molecule has 0 saturated heterocycles. The number of sulfonamides is 1. The Morgan fingerprint density at radius 1 is 1.19 bits per heavy atom. The molecule has 0 saturated carbocycles. The van der Waals surface area contributed by atoms with Gasteiger partial charge in [-0.25, -0.2) is 13.1 Å². The van der Waals surface area contributed by atoms with Crippen LogP contribution in [0.4, 0.5) is 0 Å². The third kappa shape index (κ3) is 3.81. The van der Waals surface area contributed by atoms with Crippen LogP contribution in [0.1, 0.15) is 11.1 Å². The molecule has 108 valence electrons. The van der Waals surface area contributed by atoms with Crippen LogP contribution in [0.2, 0.25) is 0 Å². The lowest BCUT2D eigenvalue weighted by atomic mass is 10.2. The van der Waals surface area contributed by atoms with Crippen molar-refractivity contribution in [3.8, 4) is 11.8 Å². The summed E-state index contributed by atoms with van der Waals surface area (Å²) in [7, 11) is -2.07. The smallest absolute Gasteiger partial charge is 0.240 e. The van der Waals surface area contributed by atoms with E-state index in [0.717, 1.165) is 5.56 Å². The lowest BCUT2D eigenvalue weighted by molar-refractivity contribution is 0.414. The summed E-state index contributed by atoms with van der Waals surface area (Å²) in [6, 6.07) is 14.9. The Kier molecular flexibility index (Phi) is 4.58. The Bertz CT molecular complexity index is 762. The fourth-order valence-electron chi connectivity index (χ4n) is 1.74. The van der Waals surface area contributed by atoms with Crippen LogP contribution in [0.25, 0.3) is 0 Å². The van der Waals surface area contributed by atoms with Crippen molar-refractivity contribution >= 4 is 10.0 Å². The highest BCUT2D eigenvalue weighted by atomic mass is 32.2. The number of hydrogen-bond donors (Lipinski definition) is 1. The molecule has 0 unspecified atom stereocenters. The zero-order valence-corrected chi connectivity index (χ0v) is 12.2. The maximum absolute atomic E-state index is 12.2. The van der Waals surface area contributed by atoms with Crippen molar-refractivity contribution in [3.05, 3.63) is 59.7 Å². The molecular formula is C15H14N2O3S. The second-order valence-corrected chi connectivity index (χ2v) is 6.08. The van der Waals surface area contributed by atoms with E-state index in [-0.39, 0.29) is 11.4 Å². The van der Waals surface area contributed by atoms with Crippen LogP contribution in [0, 0.1) is 11.3 Å². The van der Waals surface area contributed by atoms with Gasteiger partial charge >= 0.3 is 0 Å². The third-order valence-electron chi connectivity index (χ3n) is 2.90. The summed E-state index contributed by atoms with van der Waals surface area (Å²) in [5.41, 5.74) is 1.12. The fourth-order valence-corrected chi connectivity index (χ4v) is 2.80. The largest absolute Gasteiger partial charge is 0.497 e. The van der Waals surface area contributed by atoms with Gasteiger partial charge in [0, 0.05) is 6.54 Å². The summed E-state index contributed by atoms with van der Waals surface area (Å²) in [5.74, 6) is 0.711. The lowest BCUT2D eigenvalue weighted by Gasteiger charge is -2.07. The van der Waals surface area contributed by atoms with Crippen molar-refractivity contribution in [2.75, 3.05) is 7.11 Å². The molecule has 0 aliphatic heterocycles. The molecule has 0 atom stereocenters. The van der Waals surface area contributed by atoms with Crippen LogP contribution in [0.3, 0.4) is 0 Å². The average molecular weight is 302 g/mol. The third-order valence-corrected chi connectivity index (χ3v) is 4.30. The van der Waals surface area contributed by atoms with Crippen LogP contribution in [-0.2, 0) is 16.6 Å². The van der Waals surface area contributed by atoms with Crippen LogP contribution in [-0.4, -0.2) is 15.5 Å². The number of nitriles is 1. The number of nitrogens with zero attached hydrogens (tertiary/aromatic N) is 1. The van der Waals surface area contributed by atoms with E-state index < -0.39 is 10.0 Å². The molecule has 0 spiro atoms. The van der Waals surface area contributed by atoms with Gasteiger partial charge in [0.05, 0.1) is 23.6 Å². The summed E-state index contributed by atoms with van der Waals surface area (Å²) in [6.07, 6.45) is 0. The van der Waals surface area contributed by atoms with Crippen molar-refractivity contribution in [2.45, 2.75) is 11.4 Å². The van der Waals surface area contributed by atoms with E-state index in [2.05, 4.69) is 4.72 Å². The van der Waals surface area contributed by atoms with Gasteiger partial charge in [0.1, 0.15) is 5.75 Å². The van der Waals surface area contributed by atoms with Crippen LogP contribution in [0.15, 0.2) is 53.4 Å². The maximum Gasteiger partial charge on any atom is 0.240 e. The van der Waals surface area contributed by atoms with Crippen LogP contribution >= 0.6 is 0 Å². The van der Waals surface area contributed by atoms with E-state index in [1.807, 2.05) is 6.07 Å². The minimum Gasteiger partial charge on any atom is -0.497 e.